The van der Waals surface area contributed by atoms with Gasteiger partial charge < -0.3 is 10.4 Å². The predicted octanol–water partition coefficient (Wildman–Crippen LogP) is 2.61. The summed E-state index contributed by atoms with van der Waals surface area (Å²) in [6.45, 7) is 1.86. The minimum Gasteiger partial charge on any atom is -0.478 e. The van der Waals surface area contributed by atoms with Gasteiger partial charge in [0.1, 0.15) is 5.69 Å². The van der Waals surface area contributed by atoms with E-state index in [1.54, 1.807) is 25.1 Å². The van der Waals surface area contributed by atoms with Crippen LogP contribution in [0, 0.1) is 17.0 Å². The normalized spacial score (nSPS) is 10.1. The van der Waals surface area contributed by atoms with Gasteiger partial charge in [0.25, 0.3) is 5.69 Å². The second-order valence-corrected chi connectivity index (χ2v) is 4.42. The van der Waals surface area contributed by atoms with Crippen LogP contribution in [0.25, 0.3) is 0 Å². The highest BCUT2D eigenvalue weighted by molar-refractivity contribution is 5.87. The van der Waals surface area contributed by atoms with Crippen molar-refractivity contribution in [3.05, 3.63) is 63.5 Å². The second-order valence-electron chi connectivity index (χ2n) is 4.42. The SMILES string of the molecule is Cc1cccc(NCc2cc(C(=O)O)ccn2)c1[N+](=O)[O-]. The van der Waals surface area contributed by atoms with E-state index in [1.807, 2.05) is 0 Å². The van der Waals surface area contributed by atoms with Crippen LogP contribution in [-0.2, 0) is 6.54 Å². The Hall–Kier alpha value is -2.96. The van der Waals surface area contributed by atoms with Crippen LogP contribution >= 0.6 is 0 Å². The summed E-state index contributed by atoms with van der Waals surface area (Å²) >= 11 is 0. The topological polar surface area (TPSA) is 105 Å². The van der Waals surface area contributed by atoms with Crippen molar-refractivity contribution >= 4 is 17.3 Å². The molecule has 1 aromatic heterocycles. The molecule has 1 heterocycles. The van der Waals surface area contributed by atoms with E-state index in [-0.39, 0.29) is 17.8 Å². The first-order valence-corrected chi connectivity index (χ1v) is 6.15. The number of carboxylic acid groups (broad SMARTS) is 1. The van der Waals surface area contributed by atoms with E-state index in [1.165, 1.54) is 18.3 Å². The van der Waals surface area contributed by atoms with Crippen LogP contribution < -0.4 is 5.32 Å². The zero-order valence-corrected chi connectivity index (χ0v) is 11.2. The number of anilines is 1. The van der Waals surface area contributed by atoms with Gasteiger partial charge in [0, 0.05) is 11.8 Å². The third kappa shape index (κ3) is 3.33. The lowest BCUT2D eigenvalue weighted by molar-refractivity contribution is -0.384. The van der Waals surface area contributed by atoms with Crippen molar-refractivity contribution in [2.45, 2.75) is 13.5 Å². The maximum atomic E-state index is 11.1. The molecule has 108 valence electrons. The average molecular weight is 287 g/mol. The van der Waals surface area contributed by atoms with E-state index in [2.05, 4.69) is 10.3 Å². The summed E-state index contributed by atoms with van der Waals surface area (Å²) in [5, 5.41) is 22.9. The van der Waals surface area contributed by atoms with Crippen LogP contribution in [0.5, 0.6) is 0 Å². The summed E-state index contributed by atoms with van der Waals surface area (Å²) in [5.74, 6) is -1.04. The van der Waals surface area contributed by atoms with E-state index in [4.69, 9.17) is 5.11 Å². The van der Waals surface area contributed by atoms with Gasteiger partial charge in [0.2, 0.25) is 0 Å². The van der Waals surface area contributed by atoms with Crippen molar-refractivity contribution in [3.8, 4) is 0 Å². The number of hydrogen-bond acceptors (Lipinski definition) is 5. The lowest BCUT2D eigenvalue weighted by Crippen LogP contribution is -2.06. The molecule has 0 radical (unpaired) electrons. The van der Waals surface area contributed by atoms with Crippen molar-refractivity contribution in [1.29, 1.82) is 0 Å². The molecule has 0 bridgehead atoms. The highest BCUT2D eigenvalue weighted by Crippen LogP contribution is 2.28. The molecule has 0 unspecified atom stereocenters. The Morgan fingerprint density at radius 2 is 2.19 bits per heavy atom. The number of pyridine rings is 1. The summed E-state index contributed by atoms with van der Waals surface area (Å²) in [6, 6.07) is 7.79. The molecule has 1 aromatic carbocycles. The molecule has 0 aliphatic rings. The van der Waals surface area contributed by atoms with Gasteiger partial charge in [-0.25, -0.2) is 4.79 Å². The first kappa shape index (κ1) is 14.4. The molecule has 7 heteroatoms. The Morgan fingerprint density at radius 1 is 1.43 bits per heavy atom. The molecule has 0 atom stereocenters. The number of aryl methyl sites for hydroxylation is 1. The monoisotopic (exact) mass is 287 g/mol. The molecule has 21 heavy (non-hydrogen) atoms. The summed E-state index contributed by atoms with van der Waals surface area (Å²) in [5.41, 5.74) is 1.55. The molecule has 0 amide bonds. The van der Waals surface area contributed by atoms with E-state index in [0.717, 1.165) is 0 Å². The number of aromatic nitrogens is 1. The maximum absolute atomic E-state index is 11.1. The molecule has 0 spiro atoms. The standard InChI is InChI=1S/C14H13N3O4/c1-9-3-2-4-12(13(9)17(20)21)16-8-11-7-10(14(18)19)5-6-15-11/h2-7,16H,8H2,1H3,(H,18,19). The first-order chi connectivity index (χ1) is 9.99. The molecule has 0 saturated heterocycles. The molecular weight excluding hydrogens is 274 g/mol. The van der Waals surface area contributed by atoms with Crippen molar-refractivity contribution < 1.29 is 14.8 Å². The molecular formula is C14H13N3O4. The Kier molecular flexibility index (Phi) is 4.13. The summed E-state index contributed by atoms with van der Waals surface area (Å²) in [6.07, 6.45) is 1.39. The first-order valence-electron chi connectivity index (χ1n) is 6.15. The number of aromatic carboxylic acids is 1. The molecule has 0 aliphatic carbocycles. The predicted molar refractivity (Wildman–Crippen MR) is 76.4 cm³/mol. The lowest BCUT2D eigenvalue weighted by Gasteiger charge is -2.08. The third-order valence-corrected chi connectivity index (χ3v) is 2.94. The Morgan fingerprint density at radius 3 is 2.86 bits per heavy atom. The third-order valence-electron chi connectivity index (χ3n) is 2.94. The zero-order valence-electron chi connectivity index (χ0n) is 11.2. The van der Waals surface area contributed by atoms with Crippen molar-refractivity contribution in [3.63, 3.8) is 0 Å². The van der Waals surface area contributed by atoms with Crippen molar-refractivity contribution in [2.75, 3.05) is 5.32 Å². The summed E-state index contributed by atoms with van der Waals surface area (Å²) in [4.78, 5) is 25.5. The molecule has 2 aromatic rings. The van der Waals surface area contributed by atoms with Gasteiger partial charge in [-0.2, -0.15) is 0 Å². The number of nitro benzene ring substituents is 1. The van der Waals surface area contributed by atoms with E-state index >= 15 is 0 Å². The summed E-state index contributed by atoms with van der Waals surface area (Å²) in [7, 11) is 0. The number of para-hydroxylation sites is 1. The molecule has 7 nitrogen and oxygen atoms in total. The largest absolute Gasteiger partial charge is 0.478 e. The Labute approximate surface area is 120 Å². The number of carbonyl (C=O) groups is 1. The van der Waals surface area contributed by atoms with E-state index in [9.17, 15) is 14.9 Å². The van der Waals surface area contributed by atoms with Crippen molar-refractivity contribution in [2.24, 2.45) is 0 Å². The van der Waals surface area contributed by atoms with Gasteiger partial charge in [-0.05, 0) is 25.1 Å². The van der Waals surface area contributed by atoms with E-state index < -0.39 is 10.9 Å². The van der Waals surface area contributed by atoms with Gasteiger partial charge in [0.05, 0.1) is 22.7 Å². The minimum absolute atomic E-state index is 0.00638. The van der Waals surface area contributed by atoms with Crippen LogP contribution in [0.15, 0.2) is 36.5 Å². The highest BCUT2D eigenvalue weighted by atomic mass is 16.6. The van der Waals surface area contributed by atoms with Gasteiger partial charge in [-0.1, -0.05) is 12.1 Å². The van der Waals surface area contributed by atoms with Gasteiger partial charge in [0.15, 0.2) is 0 Å². The molecule has 2 rings (SSSR count). The average Bonchev–Trinajstić information content (AvgIpc) is 2.45. The minimum atomic E-state index is -1.04. The fraction of sp³-hybridized carbons (Fsp3) is 0.143. The number of nitrogens with zero attached hydrogens (tertiary/aromatic N) is 2. The number of carboxylic acids is 1. The van der Waals surface area contributed by atoms with Gasteiger partial charge in [-0.3, -0.25) is 15.1 Å². The van der Waals surface area contributed by atoms with Crippen LogP contribution in [-0.4, -0.2) is 21.0 Å². The molecule has 0 fully saturated rings. The van der Waals surface area contributed by atoms with Gasteiger partial charge >= 0.3 is 5.97 Å². The summed E-state index contributed by atoms with van der Waals surface area (Å²) < 4.78 is 0. The number of benzene rings is 1. The fourth-order valence-corrected chi connectivity index (χ4v) is 1.94. The van der Waals surface area contributed by atoms with E-state index in [0.29, 0.717) is 16.9 Å². The molecule has 0 aliphatic heterocycles. The van der Waals surface area contributed by atoms with Gasteiger partial charge in [-0.15, -0.1) is 0 Å². The molecule has 2 N–H and O–H groups in total. The lowest BCUT2D eigenvalue weighted by atomic mass is 10.1. The van der Waals surface area contributed by atoms with Crippen LogP contribution in [0.3, 0.4) is 0 Å². The smallest absolute Gasteiger partial charge is 0.335 e. The Balaban J connectivity index is 2.21. The highest BCUT2D eigenvalue weighted by Gasteiger charge is 2.16. The Bertz CT molecular complexity index is 700. The number of rotatable bonds is 5. The van der Waals surface area contributed by atoms with Crippen LogP contribution in [0.1, 0.15) is 21.6 Å². The zero-order chi connectivity index (χ0) is 15.4. The van der Waals surface area contributed by atoms with Crippen molar-refractivity contribution in [1.82, 2.24) is 4.98 Å². The second kappa shape index (κ2) is 6.00. The number of nitro groups is 1. The maximum Gasteiger partial charge on any atom is 0.335 e. The quantitative estimate of drug-likeness (QED) is 0.646. The number of hydrogen-bond donors (Lipinski definition) is 2. The van der Waals surface area contributed by atoms with Crippen LogP contribution in [0.2, 0.25) is 0 Å². The van der Waals surface area contributed by atoms with Crippen LogP contribution in [0.4, 0.5) is 11.4 Å². The fourth-order valence-electron chi connectivity index (χ4n) is 1.94. The molecule has 0 saturated carbocycles. The number of nitrogens with one attached hydrogen (secondary N) is 1.